The van der Waals surface area contributed by atoms with Gasteiger partial charge in [-0.25, -0.2) is 8.42 Å². The molecular formula is C11H12ClN5O2S. The maximum Gasteiger partial charge on any atom is 0.296 e. The number of aromatic nitrogens is 5. The van der Waals surface area contributed by atoms with Crippen LogP contribution in [-0.2, 0) is 9.05 Å². The lowest BCUT2D eigenvalue weighted by molar-refractivity contribution is 0.579. The van der Waals surface area contributed by atoms with Crippen molar-refractivity contribution < 1.29 is 8.42 Å². The summed E-state index contributed by atoms with van der Waals surface area (Å²) in [6.45, 7) is 3.61. The van der Waals surface area contributed by atoms with E-state index in [1.165, 1.54) is 0 Å². The van der Waals surface area contributed by atoms with Gasteiger partial charge in [-0.15, -0.1) is 10.2 Å². The van der Waals surface area contributed by atoms with Gasteiger partial charge in [-0.2, -0.15) is 10.2 Å². The van der Waals surface area contributed by atoms with E-state index in [-0.39, 0.29) is 11.2 Å². The van der Waals surface area contributed by atoms with E-state index in [9.17, 15) is 8.42 Å². The third-order valence-electron chi connectivity index (χ3n) is 3.14. The Labute approximate surface area is 120 Å². The van der Waals surface area contributed by atoms with E-state index in [4.69, 9.17) is 10.7 Å². The first kappa shape index (κ1) is 13.4. The van der Waals surface area contributed by atoms with Crippen molar-refractivity contribution in [3.8, 4) is 11.4 Å². The molecule has 2 aromatic heterocycles. The van der Waals surface area contributed by atoms with Crippen LogP contribution >= 0.6 is 10.7 Å². The van der Waals surface area contributed by atoms with Crippen LogP contribution in [-0.4, -0.2) is 33.4 Å². The SMILES string of the molecule is Cc1cc(-c2nnc(S(=O)(=O)Cl)n2C2CC2)c(C)nn1. The van der Waals surface area contributed by atoms with Crippen LogP contribution in [0.5, 0.6) is 0 Å². The molecular weight excluding hydrogens is 302 g/mol. The third kappa shape index (κ3) is 2.29. The lowest BCUT2D eigenvalue weighted by atomic mass is 10.2. The number of aryl methyl sites for hydroxylation is 2. The molecule has 0 N–H and O–H groups in total. The first-order chi connectivity index (χ1) is 9.38. The van der Waals surface area contributed by atoms with Crippen molar-refractivity contribution in [1.82, 2.24) is 25.0 Å². The molecule has 3 rings (SSSR count). The summed E-state index contributed by atoms with van der Waals surface area (Å²) < 4.78 is 24.8. The van der Waals surface area contributed by atoms with E-state index in [0.717, 1.165) is 24.1 Å². The average Bonchev–Trinajstić information content (AvgIpc) is 3.09. The zero-order valence-electron chi connectivity index (χ0n) is 10.9. The maximum atomic E-state index is 11.6. The Bertz CT molecular complexity index is 782. The summed E-state index contributed by atoms with van der Waals surface area (Å²) in [6.07, 6.45) is 1.78. The van der Waals surface area contributed by atoms with E-state index < -0.39 is 9.05 Å². The monoisotopic (exact) mass is 313 g/mol. The molecule has 106 valence electrons. The fourth-order valence-corrected chi connectivity index (χ4v) is 2.99. The first-order valence-electron chi connectivity index (χ1n) is 6.09. The summed E-state index contributed by atoms with van der Waals surface area (Å²) in [5, 5.41) is 15.5. The quantitative estimate of drug-likeness (QED) is 0.800. The van der Waals surface area contributed by atoms with Gasteiger partial charge < -0.3 is 0 Å². The topological polar surface area (TPSA) is 90.6 Å². The molecule has 2 aromatic rings. The van der Waals surface area contributed by atoms with Crippen LogP contribution in [0, 0.1) is 13.8 Å². The van der Waals surface area contributed by atoms with Crippen molar-refractivity contribution in [3.63, 3.8) is 0 Å². The molecule has 0 aliphatic heterocycles. The summed E-state index contributed by atoms with van der Waals surface area (Å²) in [5.74, 6) is 0.474. The van der Waals surface area contributed by atoms with Gasteiger partial charge in [-0.3, -0.25) is 4.57 Å². The van der Waals surface area contributed by atoms with Gasteiger partial charge in [-0.1, -0.05) is 0 Å². The van der Waals surface area contributed by atoms with Crippen molar-refractivity contribution in [1.29, 1.82) is 0 Å². The van der Waals surface area contributed by atoms with Gasteiger partial charge in [-0.05, 0) is 32.8 Å². The van der Waals surface area contributed by atoms with Crippen molar-refractivity contribution >= 4 is 19.7 Å². The largest absolute Gasteiger partial charge is 0.296 e. The molecule has 0 spiro atoms. The van der Waals surface area contributed by atoms with Crippen LogP contribution < -0.4 is 0 Å². The van der Waals surface area contributed by atoms with Gasteiger partial charge in [0.2, 0.25) is 0 Å². The van der Waals surface area contributed by atoms with Crippen molar-refractivity contribution in [2.75, 3.05) is 0 Å². The molecule has 1 saturated carbocycles. The zero-order valence-corrected chi connectivity index (χ0v) is 12.5. The fourth-order valence-electron chi connectivity index (χ4n) is 2.07. The lowest BCUT2D eigenvalue weighted by Gasteiger charge is -2.08. The summed E-state index contributed by atoms with van der Waals surface area (Å²) in [4.78, 5) is 0. The Morgan fingerprint density at radius 1 is 1.20 bits per heavy atom. The van der Waals surface area contributed by atoms with Crippen LogP contribution in [0.25, 0.3) is 11.4 Å². The normalized spacial score (nSPS) is 15.6. The minimum absolute atomic E-state index is 0.0800. The summed E-state index contributed by atoms with van der Waals surface area (Å²) in [5.41, 5.74) is 2.12. The number of hydrogen-bond acceptors (Lipinski definition) is 6. The van der Waals surface area contributed by atoms with Crippen molar-refractivity contribution in [3.05, 3.63) is 17.5 Å². The third-order valence-corrected chi connectivity index (χ3v) is 4.26. The smallest absolute Gasteiger partial charge is 0.294 e. The Kier molecular flexibility index (Phi) is 3.02. The molecule has 0 saturated heterocycles. The Balaban J connectivity index is 2.25. The molecule has 0 bridgehead atoms. The van der Waals surface area contributed by atoms with Crippen LogP contribution in [0.4, 0.5) is 0 Å². The second-order valence-electron chi connectivity index (χ2n) is 4.83. The van der Waals surface area contributed by atoms with E-state index in [2.05, 4.69) is 20.4 Å². The van der Waals surface area contributed by atoms with Crippen molar-refractivity contribution in [2.24, 2.45) is 0 Å². The zero-order chi connectivity index (χ0) is 14.5. The van der Waals surface area contributed by atoms with Gasteiger partial charge in [0.1, 0.15) is 0 Å². The summed E-state index contributed by atoms with van der Waals surface area (Å²) in [7, 11) is 1.51. The molecule has 1 aliphatic rings. The highest BCUT2D eigenvalue weighted by molar-refractivity contribution is 8.13. The molecule has 0 amide bonds. The average molecular weight is 314 g/mol. The predicted molar refractivity (Wildman–Crippen MR) is 71.8 cm³/mol. The molecule has 1 fully saturated rings. The minimum Gasteiger partial charge on any atom is -0.294 e. The Morgan fingerprint density at radius 2 is 1.90 bits per heavy atom. The maximum absolute atomic E-state index is 11.6. The van der Waals surface area contributed by atoms with Gasteiger partial charge in [0.05, 0.1) is 11.4 Å². The van der Waals surface area contributed by atoms with Crippen LogP contribution in [0.2, 0.25) is 0 Å². The van der Waals surface area contributed by atoms with E-state index in [0.29, 0.717) is 11.5 Å². The molecule has 0 aromatic carbocycles. The molecule has 0 unspecified atom stereocenters. The summed E-state index contributed by atoms with van der Waals surface area (Å²) in [6, 6.07) is 1.90. The molecule has 2 heterocycles. The van der Waals surface area contributed by atoms with Crippen LogP contribution in [0.1, 0.15) is 30.3 Å². The first-order valence-corrected chi connectivity index (χ1v) is 8.39. The highest BCUT2D eigenvalue weighted by atomic mass is 35.7. The highest BCUT2D eigenvalue weighted by Gasteiger charge is 2.34. The van der Waals surface area contributed by atoms with E-state index >= 15 is 0 Å². The molecule has 9 heteroatoms. The van der Waals surface area contributed by atoms with Gasteiger partial charge in [0, 0.05) is 22.3 Å². The van der Waals surface area contributed by atoms with Gasteiger partial charge in [0.15, 0.2) is 5.82 Å². The number of nitrogens with zero attached hydrogens (tertiary/aromatic N) is 5. The van der Waals surface area contributed by atoms with Gasteiger partial charge >= 0.3 is 0 Å². The second kappa shape index (κ2) is 4.49. The van der Waals surface area contributed by atoms with E-state index in [1.807, 2.05) is 13.0 Å². The highest BCUT2D eigenvalue weighted by Crippen LogP contribution is 2.40. The number of hydrogen-bond donors (Lipinski definition) is 0. The van der Waals surface area contributed by atoms with E-state index in [1.54, 1.807) is 11.5 Å². The molecule has 20 heavy (non-hydrogen) atoms. The van der Waals surface area contributed by atoms with Crippen LogP contribution in [0.3, 0.4) is 0 Å². The number of halogens is 1. The number of rotatable bonds is 3. The molecule has 7 nitrogen and oxygen atoms in total. The lowest BCUT2D eigenvalue weighted by Crippen LogP contribution is -2.07. The molecule has 0 atom stereocenters. The minimum atomic E-state index is -3.92. The summed E-state index contributed by atoms with van der Waals surface area (Å²) >= 11 is 0. The molecule has 0 radical (unpaired) electrons. The Morgan fingerprint density at radius 3 is 2.50 bits per heavy atom. The van der Waals surface area contributed by atoms with Crippen LogP contribution in [0.15, 0.2) is 11.2 Å². The van der Waals surface area contributed by atoms with Gasteiger partial charge in [0.25, 0.3) is 14.2 Å². The van der Waals surface area contributed by atoms with Crippen molar-refractivity contribution in [2.45, 2.75) is 37.9 Å². The standard InChI is InChI=1S/C11H12ClN5O2S/c1-6-5-9(7(2)14-13-6)10-15-16-11(20(12,18)19)17(10)8-3-4-8/h5,8H,3-4H2,1-2H3. The molecule has 1 aliphatic carbocycles. The second-order valence-corrected chi connectivity index (χ2v) is 7.29. The fraction of sp³-hybridized carbons (Fsp3) is 0.455. The Hall–Kier alpha value is -1.54. The predicted octanol–water partition coefficient (Wildman–Crippen LogP) is 1.61.